The van der Waals surface area contributed by atoms with E-state index in [-0.39, 0.29) is 24.9 Å². The topological polar surface area (TPSA) is 35.5 Å². The zero-order chi connectivity index (χ0) is 17.0. The van der Waals surface area contributed by atoms with Crippen molar-refractivity contribution in [1.82, 2.24) is 0 Å². The first-order chi connectivity index (χ1) is 10.6. The molecule has 0 N–H and O–H groups in total. The first-order valence-corrected chi connectivity index (χ1v) is 8.38. The van der Waals surface area contributed by atoms with Crippen molar-refractivity contribution in [3.63, 3.8) is 0 Å². The lowest BCUT2D eigenvalue weighted by Gasteiger charge is -2.25. The highest BCUT2D eigenvalue weighted by Crippen LogP contribution is 2.42. The quantitative estimate of drug-likeness (QED) is 0.378. The lowest BCUT2D eigenvalue weighted by atomic mass is 9.84. The van der Waals surface area contributed by atoms with Gasteiger partial charge in [0, 0.05) is 5.92 Å². The Kier molecular flexibility index (Phi) is 11.7. The molecule has 1 unspecified atom stereocenters. The maximum absolute atomic E-state index is 12.6. The summed E-state index contributed by atoms with van der Waals surface area (Å²) in [6, 6.07) is 0. The molecule has 1 saturated carbocycles. The molecule has 0 aromatic rings. The van der Waals surface area contributed by atoms with Gasteiger partial charge in [-0.3, -0.25) is 4.79 Å². The average molecular weight is 345 g/mol. The Balaban J connectivity index is 0.00000211. The number of hydrogen-bond acceptors (Lipinski definition) is 5. The summed E-state index contributed by atoms with van der Waals surface area (Å²) in [7, 11) is 0. The van der Waals surface area contributed by atoms with E-state index in [0.717, 1.165) is 18.4 Å². The number of allylic oxidation sites excluding steroid dienone is 5. The molecule has 0 heterocycles. The molecule has 1 fully saturated rings. The fourth-order valence-electron chi connectivity index (χ4n) is 2.63. The highest BCUT2D eigenvalue weighted by molar-refractivity contribution is 7.75. The van der Waals surface area contributed by atoms with Crippen molar-refractivity contribution in [3.8, 4) is 0 Å². The number of hydrogen-bond donors (Lipinski definition) is 2. The van der Waals surface area contributed by atoms with Gasteiger partial charge in [0.25, 0.3) is 0 Å². The number of ketones is 1. The van der Waals surface area contributed by atoms with Crippen LogP contribution >= 0.6 is 25.8 Å². The van der Waals surface area contributed by atoms with E-state index in [1.54, 1.807) is 6.08 Å². The van der Waals surface area contributed by atoms with Crippen LogP contribution in [0.2, 0.25) is 0 Å². The third kappa shape index (κ3) is 5.95. The predicted octanol–water partition coefficient (Wildman–Crippen LogP) is 4.78. The van der Waals surface area contributed by atoms with Crippen LogP contribution in [-0.2, 0) is 13.2 Å². The van der Waals surface area contributed by atoms with Gasteiger partial charge in [0.05, 0.1) is 18.6 Å². The highest BCUT2D eigenvalue weighted by Gasteiger charge is 2.48. The molecule has 1 atom stereocenters. The fourth-order valence-corrected chi connectivity index (χ4v) is 3.13. The van der Waals surface area contributed by atoms with E-state index >= 15 is 0 Å². The Morgan fingerprint density at radius 3 is 2.41 bits per heavy atom. The third-order valence-electron chi connectivity index (χ3n) is 3.79. The van der Waals surface area contributed by atoms with Crippen LogP contribution in [-0.4, -0.2) is 19.0 Å². The van der Waals surface area contributed by atoms with Crippen LogP contribution in [0.25, 0.3) is 0 Å². The van der Waals surface area contributed by atoms with Crippen LogP contribution in [0.1, 0.15) is 40.0 Å². The van der Waals surface area contributed by atoms with Gasteiger partial charge >= 0.3 is 0 Å². The Hall–Kier alpha value is -0.490. The van der Waals surface area contributed by atoms with Gasteiger partial charge in [0.1, 0.15) is 5.78 Å². The second-order valence-corrected chi connectivity index (χ2v) is 5.62. The first-order valence-electron chi connectivity index (χ1n) is 7.65. The zero-order valence-corrected chi connectivity index (χ0v) is 15.5. The Bertz CT molecular complexity index is 397. The highest BCUT2D eigenvalue weighted by atomic mass is 32.1. The van der Waals surface area contributed by atoms with E-state index in [0.29, 0.717) is 6.42 Å². The molecule has 0 bridgehead atoms. The summed E-state index contributed by atoms with van der Waals surface area (Å²) in [5, 5.41) is 0. The van der Waals surface area contributed by atoms with E-state index in [1.165, 1.54) is 0 Å². The Morgan fingerprint density at radius 1 is 1.36 bits per heavy atom. The van der Waals surface area contributed by atoms with Gasteiger partial charge in [0.2, 0.25) is 0 Å². The summed E-state index contributed by atoms with van der Waals surface area (Å²) in [6.07, 6.45) is 9.97. The van der Waals surface area contributed by atoms with E-state index in [4.69, 9.17) is 8.37 Å². The maximum Gasteiger partial charge on any atom is 0.147 e. The van der Waals surface area contributed by atoms with Crippen molar-refractivity contribution in [2.75, 3.05) is 13.2 Å². The van der Waals surface area contributed by atoms with Crippen molar-refractivity contribution in [1.29, 1.82) is 0 Å². The minimum atomic E-state index is -0.610. The van der Waals surface area contributed by atoms with Gasteiger partial charge < -0.3 is 8.37 Å². The van der Waals surface area contributed by atoms with Crippen molar-refractivity contribution in [2.45, 2.75) is 40.0 Å². The van der Waals surface area contributed by atoms with Crippen LogP contribution in [0.15, 0.2) is 36.5 Å². The molecule has 1 rings (SSSR count). The summed E-state index contributed by atoms with van der Waals surface area (Å²) in [5.74, 6) is 0.158. The van der Waals surface area contributed by atoms with Crippen LogP contribution in [0.3, 0.4) is 0 Å². The summed E-state index contributed by atoms with van der Waals surface area (Å²) >= 11 is 7.56. The molecule has 0 aromatic carbocycles. The number of Topliss-reactive ketones (excluding diaryl/α,β-unsaturated/α-hetero) is 1. The van der Waals surface area contributed by atoms with Crippen molar-refractivity contribution >= 4 is 31.6 Å². The van der Waals surface area contributed by atoms with Crippen molar-refractivity contribution in [3.05, 3.63) is 36.5 Å². The summed E-state index contributed by atoms with van der Waals surface area (Å²) in [5.41, 5.74) is 0.456. The van der Waals surface area contributed by atoms with Crippen LogP contribution in [0.5, 0.6) is 0 Å². The zero-order valence-electron chi connectivity index (χ0n) is 13.7. The summed E-state index contributed by atoms with van der Waals surface area (Å²) < 4.78 is 9.82. The molecular weight excluding hydrogens is 316 g/mol. The second-order valence-electron chi connectivity index (χ2n) is 5.10. The molecule has 22 heavy (non-hydrogen) atoms. The minimum Gasteiger partial charge on any atom is -0.317 e. The van der Waals surface area contributed by atoms with Gasteiger partial charge in [-0.05, 0) is 57.6 Å². The normalized spacial score (nSPS) is 20.9. The SMILES string of the molecule is C=C/C(=C\C=C/C)CC1CCC(COS)(COS)C1=O.CC. The van der Waals surface area contributed by atoms with Gasteiger partial charge in [-0.1, -0.05) is 44.7 Å². The van der Waals surface area contributed by atoms with E-state index < -0.39 is 5.41 Å². The van der Waals surface area contributed by atoms with Gasteiger partial charge in [0.15, 0.2) is 0 Å². The smallest absolute Gasteiger partial charge is 0.147 e. The van der Waals surface area contributed by atoms with Gasteiger partial charge in [-0.25, -0.2) is 0 Å². The van der Waals surface area contributed by atoms with Crippen LogP contribution < -0.4 is 0 Å². The van der Waals surface area contributed by atoms with Gasteiger partial charge in [-0.2, -0.15) is 0 Å². The van der Waals surface area contributed by atoms with Crippen molar-refractivity contribution < 1.29 is 13.2 Å². The second kappa shape index (κ2) is 12.0. The average Bonchev–Trinajstić information content (AvgIpc) is 2.83. The largest absolute Gasteiger partial charge is 0.317 e. The van der Waals surface area contributed by atoms with E-state index in [9.17, 15) is 4.79 Å². The molecular formula is C17H28O3S2. The molecule has 3 nitrogen and oxygen atoms in total. The monoisotopic (exact) mass is 344 g/mol. The molecule has 0 radical (unpaired) electrons. The fraction of sp³-hybridized carbons (Fsp3) is 0.588. The standard InChI is InChI=1S/C15H22O3S2.C2H6/c1-3-5-6-12(4-2)9-13-7-8-15(10-17-19,11-18-20)14(13)16;1-2/h3-6,13,19-20H,2,7-11H2,1H3;1-2H3/b5-3-,12-6+;. The molecule has 1 aliphatic carbocycles. The van der Waals surface area contributed by atoms with Gasteiger partial charge in [-0.15, -0.1) is 0 Å². The molecule has 0 aromatic heterocycles. The number of rotatable bonds is 8. The molecule has 126 valence electrons. The maximum atomic E-state index is 12.6. The van der Waals surface area contributed by atoms with Crippen molar-refractivity contribution in [2.24, 2.45) is 11.3 Å². The molecule has 0 amide bonds. The predicted molar refractivity (Wildman–Crippen MR) is 99.1 cm³/mol. The minimum absolute atomic E-state index is 0.0172. The molecule has 1 aliphatic rings. The Morgan fingerprint density at radius 2 is 1.95 bits per heavy atom. The molecule has 5 heteroatoms. The Labute approximate surface area is 146 Å². The summed E-state index contributed by atoms with van der Waals surface area (Å²) in [4.78, 5) is 12.6. The van der Waals surface area contributed by atoms with Crippen LogP contribution in [0, 0.1) is 11.3 Å². The molecule has 0 spiro atoms. The lowest BCUT2D eigenvalue weighted by Crippen LogP contribution is -2.36. The van der Waals surface area contributed by atoms with Crippen LogP contribution in [0.4, 0.5) is 0 Å². The molecule has 0 aliphatic heterocycles. The number of carbonyl (C=O) groups excluding carboxylic acids is 1. The lowest BCUT2D eigenvalue weighted by molar-refractivity contribution is -0.131. The number of thiol groups is 2. The van der Waals surface area contributed by atoms with E-state index in [1.807, 2.05) is 39.0 Å². The van der Waals surface area contributed by atoms with E-state index in [2.05, 4.69) is 32.4 Å². The summed E-state index contributed by atoms with van der Waals surface area (Å²) in [6.45, 7) is 10.3. The first kappa shape index (κ1) is 21.5. The third-order valence-corrected chi connectivity index (χ3v) is 4.05. The molecule has 0 saturated heterocycles. The number of carbonyl (C=O) groups is 1.